The van der Waals surface area contributed by atoms with Gasteiger partial charge in [-0.25, -0.2) is 8.42 Å². The molecule has 0 bridgehead atoms. The summed E-state index contributed by atoms with van der Waals surface area (Å²) >= 11 is 6.62. The topological polar surface area (TPSA) is 86.8 Å². The van der Waals surface area contributed by atoms with Crippen LogP contribution in [0.25, 0.3) is 0 Å². The van der Waals surface area contributed by atoms with Crippen LogP contribution >= 0.6 is 11.6 Å². The first-order valence-electron chi connectivity index (χ1n) is 16.2. The molecule has 1 saturated carbocycles. The zero-order chi connectivity index (χ0) is 33.4. The number of carbonyl (C=O) groups excluding carboxylic acids is 2. The molecule has 0 spiro atoms. The minimum Gasteiger partial charge on any atom is -0.352 e. The van der Waals surface area contributed by atoms with Gasteiger partial charge in [-0.15, -0.1) is 0 Å². The highest BCUT2D eigenvalue weighted by atomic mass is 35.5. The first-order chi connectivity index (χ1) is 22.6. The Morgan fingerprint density at radius 3 is 2.15 bits per heavy atom. The Morgan fingerprint density at radius 2 is 1.49 bits per heavy atom. The van der Waals surface area contributed by atoms with Gasteiger partial charge >= 0.3 is 0 Å². The molecular formula is C38H42ClN3O4S. The lowest BCUT2D eigenvalue weighted by Crippen LogP contribution is -2.55. The van der Waals surface area contributed by atoms with E-state index in [1.54, 1.807) is 30.3 Å². The summed E-state index contributed by atoms with van der Waals surface area (Å²) in [6, 6.07) is 29.5. The highest BCUT2D eigenvalue weighted by Crippen LogP contribution is 2.29. The van der Waals surface area contributed by atoms with E-state index in [0.717, 1.165) is 47.5 Å². The number of rotatable bonds is 12. The van der Waals surface area contributed by atoms with E-state index in [2.05, 4.69) is 5.32 Å². The van der Waals surface area contributed by atoms with Gasteiger partial charge in [0.05, 0.1) is 10.6 Å². The highest BCUT2D eigenvalue weighted by Gasteiger charge is 2.36. The van der Waals surface area contributed by atoms with Crippen molar-refractivity contribution in [3.05, 3.63) is 130 Å². The number of aryl methyl sites for hydroxylation is 2. The first-order valence-corrected chi connectivity index (χ1v) is 18.0. The summed E-state index contributed by atoms with van der Waals surface area (Å²) in [6.07, 6.45) is 5.25. The van der Waals surface area contributed by atoms with Crippen molar-refractivity contribution >= 4 is 39.1 Å². The minimum absolute atomic E-state index is 0.0250. The van der Waals surface area contributed by atoms with Gasteiger partial charge in [0.25, 0.3) is 10.0 Å². The SMILES string of the molecule is Cc1ccc(N(CC(=O)N(Cc2ccccc2Cl)C(Cc2ccccc2)C(=O)NC2CCCCC2)S(=O)(=O)c2ccccc2)c(C)c1. The van der Waals surface area contributed by atoms with Crippen LogP contribution in [-0.4, -0.2) is 43.8 Å². The summed E-state index contributed by atoms with van der Waals surface area (Å²) < 4.78 is 29.7. The smallest absolute Gasteiger partial charge is 0.264 e. The van der Waals surface area contributed by atoms with E-state index in [-0.39, 0.29) is 29.8 Å². The Hall–Kier alpha value is -4.14. The van der Waals surface area contributed by atoms with Gasteiger partial charge in [0.1, 0.15) is 12.6 Å². The molecule has 1 aliphatic carbocycles. The lowest BCUT2D eigenvalue weighted by Gasteiger charge is -2.35. The maximum atomic E-state index is 14.7. The lowest BCUT2D eigenvalue weighted by atomic mass is 9.94. The molecule has 2 amide bonds. The number of anilines is 1. The quantitative estimate of drug-likeness (QED) is 0.172. The molecule has 4 aromatic rings. The van der Waals surface area contributed by atoms with Crippen molar-refractivity contribution in [1.82, 2.24) is 10.2 Å². The predicted octanol–water partition coefficient (Wildman–Crippen LogP) is 7.24. The average Bonchev–Trinajstić information content (AvgIpc) is 3.07. The molecule has 1 N–H and O–H groups in total. The van der Waals surface area contributed by atoms with Crippen LogP contribution in [-0.2, 0) is 32.6 Å². The monoisotopic (exact) mass is 671 g/mol. The van der Waals surface area contributed by atoms with Crippen LogP contribution in [0.5, 0.6) is 0 Å². The summed E-state index contributed by atoms with van der Waals surface area (Å²) in [4.78, 5) is 30.5. The maximum Gasteiger partial charge on any atom is 0.264 e. The number of sulfonamides is 1. The van der Waals surface area contributed by atoms with Crippen molar-refractivity contribution in [1.29, 1.82) is 0 Å². The second-order valence-electron chi connectivity index (χ2n) is 12.3. The Balaban J connectivity index is 1.58. The molecule has 0 aliphatic heterocycles. The molecule has 9 heteroatoms. The number of nitrogens with one attached hydrogen (secondary N) is 1. The molecule has 4 aromatic carbocycles. The van der Waals surface area contributed by atoms with E-state index in [4.69, 9.17) is 11.6 Å². The largest absolute Gasteiger partial charge is 0.352 e. The second kappa shape index (κ2) is 15.6. The van der Waals surface area contributed by atoms with Crippen LogP contribution in [0.15, 0.2) is 108 Å². The first kappa shape index (κ1) is 34.2. The molecule has 1 aliphatic rings. The Kier molecular flexibility index (Phi) is 11.4. The van der Waals surface area contributed by atoms with E-state index < -0.39 is 28.5 Å². The number of halogens is 1. The van der Waals surface area contributed by atoms with Crippen molar-refractivity contribution in [3.63, 3.8) is 0 Å². The second-order valence-corrected chi connectivity index (χ2v) is 14.5. The molecule has 0 aromatic heterocycles. The summed E-state index contributed by atoms with van der Waals surface area (Å²) in [5, 5.41) is 3.69. The van der Waals surface area contributed by atoms with E-state index in [1.165, 1.54) is 17.0 Å². The van der Waals surface area contributed by atoms with Gasteiger partial charge in [-0.1, -0.05) is 115 Å². The predicted molar refractivity (Wildman–Crippen MR) is 188 cm³/mol. The van der Waals surface area contributed by atoms with Crippen molar-refractivity contribution in [3.8, 4) is 0 Å². The van der Waals surface area contributed by atoms with Crippen LogP contribution in [0.4, 0.5) is 5.69 Å². The zero-order valence-corrected chi connectivity index (χ0v) is 28.5. The lowest BCUT2D eigenvalue weighted by molar-refractivity contribution is -0.140. The van der Waals surface area contributed by atoms with Crippen LogP contribution in [0.2, 0.25) is 5.02 Å². The standard InChI is InChI=1S/C38H42ClN3O4S/c1-28-22-23-35(29(2)24-28)42(47(45,46)33-19-10-5-11-20-33)27-37(43)41(26-31-16-12-13-21-34(31)39)36(25-30-14-6-3-7-15-30)38(44)40-32-17-8-4-9-18-32/h3,5-7,10-16,19-24,32,36H,4,8-9,17-18,25-27H2,1-2H3,(H,40,44). The van der Waals surface area contributed by atoms with Crippen LogP contribution in [0, 0.1) is 13.8 Å². The molecule has 1 unspecified atom stereocenters. The molecule has 47 heavy (non-hydrogen) atoms. The van der Waals surface area contributed by atoms with Crippen molar-refractivity contribution in [2.75, 3.05) is 10.8 Å². The zero-order valence-electron chi connectivity index (χ0n) is 26.9. The van der Waals surface area contributed by atoms with Gasteiger partial charge in [0, 0.05) is 24.0 Å². The molecule has 7 nitrogen and oxygen atoms in total. The van der Waals surface area contributed by atoms with Crippen molar-refractivity contribution in [2.45, 2.75) is 75.9 Å². The Bertz CT molecular complexity index is 1780. The summed E-state index contributed by atoms with van der Waals surface area (Å²) in [6.45, 7) is 3.29. The molecule has 1 atom stereocenters. The molecule has 0 radical (unpaired) electrons. The Morgan fingerprint density at radius 1 is 0.851 bits per heavy atom. The van der Waals surface area contributed by atoms with Gasteiger partial charge in [0.15, 0.2) is 0 Å². The van der Waals surface area contributed by atoms with E-state index in [0.29, 0.717) is 21.8 Å². The van der Waals surface area contributed by atoms with Gasteiger partial charge in [0.2, 0.25) is 11.8 Å². The van der Waals surface area contributed by atoms with Crippen molar-refractivity contribution < 1.29 is 18.0 Å². The number of carbonyl (C=O) groups is 2. The molecular weight excluding hydrogens is 630 g/mol. The highest BCUT2D eigenvalue weighted by molar-refractivity contribution is 7.92. The number of amides is 2. The normalized spacial score (nSPS) is 14.3. The molecule has 1 fully saturated rings. The fraction of sp³-hybridized carbons (Fsp3) is 0.316. The van der Waals surface area contributed by atoms with E-state index in [9.17, 15) is 18.0 Å². The van der Waals surface area contributed by atoms with Gasteiger partial charge in [-0.05, 0) is 67.6 Å². The average molecular weight is 672 g/mol. The summed E-state index contributed by atoms with van der Waals surface area (Å²) in [5.41, 5.74) is 3.63. The van der Waals surface area contributed by atoms with Crippen LogP contribution < -0.4 is 9.62 Å². The van der Waals surface area contributed by atoms with Crippen LogP contribution in [0.3, 0.4) is 0 Å². The number of nitrogens with zero attached hydrogens (tertiary/aromatic N) is 2. The number of hydrogen-bond donors (Lipinski definition) is 1. The third-order valence-corrected chi connectivity index (χ3v) is 10.9. The number of benzene rings is 4. The number of hydrogen-bond acceptors (Lipinski definition) is 4. The molecule has 0 heterocycles. The third kappa shape index (κ3) is 8.62. The summed E-state index contributed by atoms with van der Waals surface area (Å²) in [7, 11) is -4.17. The van der Waals surface area contributed by atoms with Gasteiger partial charge < -0.3 is 10.2 Å². The fourth-order valence-electron chi connectivity index (χ4n) is 6.23. The summed E-state index contributed by atoms with van der Waals surface area (Å²) in [5.74, 6) is -0.769. The fourth-order valence-corrected chi connectivity index (χ4v) is 7.92. The van der Waals surface area contributed by atoms with Crippen molar-refractivity contribution in [2.24, 2.45) is 0 Å². The minimum atomic E-state index is -4.17. The van der Waals surface area contributed by atoms with Crippen LogP contribution in [0.1, 0.15) is 54.4 Å². The molecule has 5 rings (SSSR count). The third-order valence-electron chi connectivity index (χ3n) is 8.75. The van der Waals surface area contributed by atoms with E-state index in [1.807, 2.05) is 74.5 Å². The molecule has 246 valence electrons. The van der Waals surface area contributed by atoms with E-state index >= 15 is 0 Å². The van der Waals surface area contributed by atoms with Gasteiger partial charge in [-0.3, -0.25) is 13.9 Å². The maximum absolute atomic E-state index is 14.7. The van der Waals surface area contributed by atoms with Gasteiger partial charge in [-0.2, -0.15) is 0 Å². The molecule has 0 saturated heterocycles. The Labute approximate surface area is 283 Å².